The number of nitrogens with zero attached hydrogens (tertiary/aromatic N) is 4. The number of carbonyl (C=O) groups excluding carboxylic acids is 1. The van der Waals surface area contributed by atoms with Crippen molar-refractivity contribution in [2.45, 2.75) is 37.6 Å². The lowest BCUT2D eigenvalue weighted by Gasteiger charge is -2.13. The molecule has 0 bridgehead atoms. The van der Waals surface area contributed by atoms with Crippen molar-refractivity contribution in [1.82, 2.24) is 25.2 Å². The summed E-state index contributed by atoms with van der Waals surface area (Å²) < 4.78 is 7.05. The number of aryl methyl sites for hydroxylation is 2. The van der Waals surface area contributed by atoms with Gasteiger partial charge in [0.05, 0.1) is 17.8 Å². The molecule has 1 saturated carbocycles. The number of carbonyl (C=O) groups is 1. The summed E-state index contributed by atoms with van der Waals surface area (Å²) in [6.07, 6.45) is 7.43. The Morgan fingerprint density at radius 3 is 2.96 bits per heavy atom. The van der Waals surface area contributed by atoms with Gasteiger partial charge in [-0.15, -0.1) is 0 Å². The van der Waals surface area contributed by atoms with Crippen molar-refractivity contribution in [2.24, 2.45) is 7.05 Å². The van der Waals surface area contributed by atoms with Crippen LogP contribution >= 0.6 is 0 Å². The summed E-state index contributed by atoms with van der Waals surface area (Å²) in [5.74, 6) is 1.79. The highest BCUT2D eigenvalue weighted by atomic mass is 16.5. The lowest BCUT2D eigenvalue weighted by molar-refractivity contribution is 0.0936. The molecule has 0 saturated heterocycles. The lowest BCUT2D eigenvalue weighted by Crippen LogP contribution is -2.26. The smallest absolute Gasteiger partial charge is 0.257 e. The van der Waals surface area contributed by atoms with Gasteiger partial charge in [-0.2, -0.15) is 10.1 Å². The summed E-state index contributed by atoms with van der Waals surface area (Å²) in [5, 5.41) is 11.2. The van der Waals surface area contributed by atoms with E-state index in [2.05, 4.69) is 32.7 Å². The van der Waals surface area contributed by atoms with Crippen LogP contribution in [0.4, 0.5) is 0 Å². The van der Waals surface area contributed by atoms with Crippen LogP contribution in [0.15, 0.2) is 35.1 Å². The topological polar surface area (TPSA) is 85.8 Å². The first-order chi connectivity index (χ1) is 12.7. The Balaban J connectivity index is 1.35. The van der Waals surface area contributed by atoms with E-state index in [1.165, 1.54) is 5.56 Å². The minimum atomic E-state index is -0.0917. The number of nitrogens with one attached hydrogen (secondary N) is 1. The van der Waals surface area contributed by atoms with Crippen LogP contribution in [0.1, 0.15) is 58.5 Å². The van der Waals surface area contributed by atoms with Gasteiger partial charge in [-0.25, -0.2) is 0 Å². The average molecular weight is 349 g/mol. The molecule has 3 aromatic rings. The molecule has 2 aliphatic rings. The molecular formula is C19H19N5O2. The molecule has 0 spiro atoms. The molecule has 2 aliphatic carbocycles. The number of hydrogen-bond donors (Lipinski definition) is 1. The van der Waals surface area contributed by atoms with Crippen LogP contribution in [0.3, 0.4) is 0 Å². The molecule has 1 atom stereocenters. The minimum Gasteiger partial charge on any atom is -0.345 e. The molecular weight excluding hydrogens is 330 g/mol. The van der Waals surface area contributed by atoms with Gasteiger partial charge in [0, 0.05) is 24.7 Å². The SMILES string of the molecule is Cn1cc(C(=O)N[C@@H]2CCc3cc(-c4nc(C5CC5)no4)ccc32)cn1. The van der Waals surface area contributed by atoms with Gasteiger partial charge in [0.15, 0.2) is 5.82 Å². The predicted octanol–water partition coefficient (Wildman–Crippen LogP) is 2.76. The fourth-order valence-electron chi connectivity index (χ4n) is 3.54. The van der Waals surface area contributed by atoms with Crippen molar-refractivity contribution < 1.29 is 9.32 Å². The Morgan fingerprint density at radius 2 is 2.19 bits per heavy atom. The molecule has 7 heteroatoms. The maximum absolute atomic E-state index is 12.4. The fourth-order valence-corrected chi connectivity index (χ4v) is 3.54. The fraction of sp³-hybridized carbons (Fsp3) is 0.368. The van der Waals surface area contributed by atoms with E-state index in [-0.39, 0.29) is 11.9 Å². The minimum absolute atomic E-state index is 0.0245. The van der Waals surface area contributed by atoms with E-state index in [4.69, 9.17) is 4.52 Å². The number of benzene rings is 1. The molecule has 5 rings (SSSR count). The Hall–Kier alpha value is -2.96. The van der Waals surface area contributed by atoms with Crippen LogP contribution in [0.2, 0.25) is 0 Å². The Kier molecular flexibility index (Phi) is 3.41. The Labute approximate surface area is 150 Å². The molecule has 1 amide bonds. The van der Waals surface area contributed by atoms with Crippen LogP contribution in [0, 0.1) is 0 Å². The summed E-state index contributed by atoms with van der Waals surface area (Å²) in [5.41, 5.74) is 3.91. The van der Waals surface area contributed by atoms with Crippen LogP contribution in [-0.4, -0.2) is 25.8 Å². The Bertz CT molecular complexity index is 985. The van der Waals surface area contributed by atoms with E-state index in [0.29, 0.717) is 17.4 Å². The molecule has 0 aliphatic heterocycles. The third-order valence-corrected chi connectivity index (χ3v) is 5.12. The number of rotatable bonds is 4. The summed E-state index contributed by atoms with van der Waals surface area (Å²) >= 11 is 0. The van der Waals surface area contributed by atoms with Gasteiger partial charge < -0.3 is 9.84 Å². The number of aromatic nitrogens is 4. The zero-order chi connectivity index (χ0) is 17.7. The van der Waals surface area contributed by atoms with Gasteiger partial charge in [-0.05, 0) is 48.9 Å². The molecule has 132 valence electrons. The first-order valence-corrected chi connectivity index (χ1v) is 8.93. The average Bonchev–Trinajstić information content (AvgIpc) is 3.06. The van der Waals surface area contributed by atoms with Gasteiger partial charge in [0.1, 0.15) is 0 Å². The zero-order valence-corrected chi connectivity index (χ0v) is 14.5. The van der Waals surface area contributed by atoms with E-state index in [0.717, 1.165) is 42.6 Å². The van der Waals surface area contributed by atoms with E-state index < -0.39 is 0 Å². The maximum Gasteiger partial charge on any atom is 0.257 e. The van der Waals surface area contributed by atoms with Gasteiger partial charge in [-0.1, -0.05) is 11.2 Å². The molecule has 1 aromatic carbocycles. The van der Waals surface area contributed by atoms with Gasteiger partial charge >= 0.3 is 0 Å². The third kappa shape index (κ3) is 2.69. The van der Waals surface area contributed by atoms with E-state index in [1.54, 1.807) is 24.1 Å². The largest absolute Gasteiger partial charge is 0.345 e. The highest BCUT2D eigenvalue weighted by Crippen LogP contribution is 2.39. The third-order valence-electron chi connectivity index (χ3n) is 5.12. The second kappa shape index (κ2) is 5.79. The molecule has 1 fully saturated rings. The van der Waals surface area contributed by atoms with Crippen molar-refractivity contribution in [2.75, 3.05) is 0 Å². The quantitative estimate of drug-likeness (QED) is 0.783. The van der Waals surface area contributed by atoms with E-state index >= 15 is 0 Å². The molecule has 0 radical (unpaired) electrons. The summed E-state index contributed by atoms with van der Waals surface area (Å²) in [6.45, 7) is 0. The summed E-state index contributed by atoms with van der Waals surface area (Å²) in [6, 6.07) is 6.19. The van der Waals surface area contributed by atoms with Crippen LogP contribution in [-0.2, 0) is 13.5 Å². The second-order valence-corrected chi connectivity index (χ2v) is 7.11. The van der Waals surface area contributed by atoms with Crippen molar-refractivity contribution in [3.8, 4) is 11.5 Å². The molecule has 2 aromatic heterocycles. The Morgan fingerprint density at radius 1 is 1.31 bits per heavy atom. The monoisotopic (exact) mass is 349 g/mol. The van der Waals surface area contributed by atoms with Crippen molar-refractivity contribution in [3.05, 3.63) is 53.1 Å². The molecule has 2 heterocycles. The normalized spacial score (nSPS) is 18.7. The highest BCUT2D eigenvalue weighted by molar-refractivity contribution is 5.94. The first kappa shape index (κ1) is 15.3. The van der Waals surface area contributed by atoms with Crippen LogP contribution in [0.25, 0.3) is 11.5 Å². The van der Waals surface area contributed by atoms with Gasteiger partial charge in [0.25, 0.3) is 11.8 Å². The van der Waals surface area contributed by atoms with Gasteiger partial charge in [0.2, 0.25) is 0 Å². The van der Waals surface area contributed by atoms with E-state index in [9.17, 15) is 4.79 Å². The van der Waals surface area contributed by atoms with E-state index in [1.807, 2.05) is 6.07 Å². The van der Waals surface area contributed by atoms with Crippen molar-refractivity contribution in [1.29, 1.82) is 0 Å². The number of hydrogen-bond acceptors (Lipinski definition) is 5. The van der Waals surface area contributed by atoms with Crippen molar-refractivity contribution in [3.63, 3.8) is 0 Å². The molecule has 1 N–H and O–H groups in total. The lowest BCUT2D eigenvalue weighted by atomic mass is 10.0. The van der Waals surface area contributed by atoms with Crippen molar-refractivity contribution >= 4 is 5.91 Å². The van der Waals surface area contributed by atoms with Gasteiger partial charge in [-0.3, -0.25) is 9.48 Å². The summed E-state index contributed by atoms with van der Waals surface area (Å²) in [7, 11) is 1.80. The zero-order valence-electron chi connectivity index (χ0n) is 14.5. The number of fused-ring (bicyclic) bond motifs is 1. The molecule has 26 heavy (non-hydrogen) atoms. The second-order valence-electron chi connectivity index (χ2n) is 7.11. The first-order valence-electron chi connectivity index (χ1n) is 8.93. The molecule has 7 nitrogen and oxygen atoms in total. The standard InChI is InChI=1S/C19H19N5O2/c1-24-10-14(9-20-24)18(25)21-16-7-5-12-8-13(4-6-15(12)16)19-22-17(23-26-19)11-2-3-11/h4,6,8-11,16H,2-3,5,7H2,1H3,(H,21,25)/t16-/m1/s1. The summed E-state index contributed by atoms with van der Waals surface area (Å²) in [4.78, 5) is 16.9. The highest BCUT2D eigenvalue weighted by Gasteiger charge is 2.30. The molecule has 0 unspecified atom stereocenters. The van der Waals surface area contributed by atoms with Crippen LogP contribution < -0.4 is 5.32 Å². The maximum atomic E-state index is 12.4. The predicted molar refractivity (Wildman–Crippen MR) is 93.4 cm³/mol. The van der Waals surface area contributed by atoms with Crippen LogP contribution in [0.5, 0.6) is 0 Å². The number of amides is 1.